The van der Waals surface area contributed by atoms with E-state index in [1.165, 1.54) is 16.8 Å². The van der Waals surface area contributed by atoms with Crippen LogP contribution in [0, 0.1) is 11.3 Å². The molecule has 3 heterocycles. The van der Waals surface area contributed by atoms with E-state index < -0.39 is 17.1 Å². The minimum absolute atomic E-state index is 0.0528. The normalized spacial score (nSPS) is 23.9. The molecule has 0 aliphatic carbocycles. The molecule has 12 heteroatoms. The van der Waals surface area contributed by atoms with Crippen LogP contribution >= 0.6 is 34.8 Å². The standard InChI is InChI=1S/C30H32Cl3N5O4/c1-18(2)29(3)16-24(39)38(28(29)41)25(19-8-5-4-6-9-19)27(40)36-12-7-10-30(42,11-13-36)23-17-37(35-34-23)26-21(32)14-20(31)15-22(26)33/h4-6,8-9,14-15,17-18,25,42H,7,10-13,16H2,1-3H3. The van der Waals surface area contributed by atoms with E-state index in [0.717, 1.165) is 4.90 Å². The second kappa shape index (κ2) is 11.6. The molecule has 0 spiro atoms. The van der Waals surface area contributed by atoms with Crippen molar-refractivity contribution in [3.8, 4) is 5.69 Å². The van der Waals surface area contributed by atoms with Gasteiger partial charge in [0.2, 0.25) is 11.8 Å². The number of carbonyl (C=O) groups excluding carboxylic acids is 3. The van der Waals surface area contributed by atoms with Crippen molar-refractivity contribution in [1.82, 2.24) is 24.8 Å². The summed E-state index contributed by atoms with van der Waals surface area (Å²) in [6, 6.07) is 10.9. The number of imide groups is 1. The average molecular weight is 633 g/mol. The van der Waals surface area contributed by atoms with Gasteiger partial charge >= 0.3 is 0 Å². The topological polar surface area (TPSA) is 109 Å². The van der Waals surface area contributed by atoms with Crippen molar-refractivity contribution in [3.05, 3.63) is 75.0 Å². The molecule has 3 unspecified atom stereocenters. The zero-order chi connectivity index (χ0) is 30.4. The number of halogens is 3. The molecule has 2 fully saturated rings. The molecule has 222 valence electrons. The van der Waals surface area contributed by atoms with Gasteiger partial charge in [-0.05, 0) is 49.8 Å². The lowest BCUT2D eigenvalue weighted by molar-refractivity contribution is -0.153. The SMILES string of the molecule is CC(C)C1(C)CC(=O)N(C(C(=O)N2CCCC(O)(c3cn(-c4c(Cl)cc(Cl)cc4Cl)nn3)CC2)c2ccccc2)C1=O. The van der Waals surface area contributed by atoms with Gasteiger partial charge in [-0.1, -0.05) is 84.2 Å². The summed E-state index contributed by atoms with van der Waals surface area (Å²) in [5, 5.41) is 21.0. The van der Waals surface area contributed by atoms with E-state index in [2.05, 4.69) is 10.3 Å². The number of nitrogens with zero attached hydrogens (tertiary/aromatic N) is 5. The second-order valence-electron chi connectivity index (χ2n) is 11.6. The van der Waals surface area contributed by atoms with Gasteiger partial charge < -0.3 is 10.0 Å². The number of aromatic nitrogens is 3. The Kier molecular flexibility index (Phi) is 8.42. The van der Waals surface area contributed by atoms with Crippen molar-refractivity contribution >= 4 is 52.5 Å². The third-order valence-electron chi connectivity index (χ3n) is 8.68. The first-order valence-electron chi connectivity index (χ1n) is 13.9. The lowest BCUT2D eigenvalue weighted by Crippen LogP contribution is -2.47. The Morgan fingerprint density at radius 3 is 2.31 bits per heavy atom. The van der Waals surface area contributed by atoms with Gasteiger partial charge in [0.25, 0.3) is 5.91 Å². The van der Waals surface area contributed by atoms with Crippen LogP contribution in [0.15, 0.2) is 48.7 Å². The van der Waals surface area contributed by atoms with Gasteiger partial charge in [-0.25, -0.2) is 4.68 Å². The van der Waals surface area contributed by atoms with Crippen LogP contribution in [-0.4, -0.2) is 60.7 Å². The third-order valence-corrected chi connectivity index (χ3v) is 9.48. The second-order valence-corrected chi connectivity index (χ2v) is 12.9. The van der Waals surface area contributed by atoms with E-state index in [1.807, 2.05) is 19.9 Å². The zero-order valence-corrected chi connectivity index (χ0v) is 25.8. The highest BCUT2D eigenvalue weighted by atomic mass is 35.5. The molecule has 0 saturated carbocycles. The van der Waals surface area contributed by atoms with Gasteiger partial charge in [0.05, 0.1) is 21.7 Å². The number of hydrogen-bond acceptors (Lipinski definition) is 6. The van der Waals surface area contributed by atoms with Gasteiger partial charge in [0, 0.05) is 24.5 Å². The smallest absolute Gasteiger partial charge is 0.250 e. The molecule has 5 rings (SSSR count). The summed E-state index contributed by atoms with van der Waals surface area (Å²) in [5.41, 5.74) is -0.997. The molecule has 3 atom stereocenters. The Bertz CT molecular complexity index is 1510. The summed E-state index contributed by atoms with van der Waals surface area (Å²) in [6.45, 7) is 6.13. The molecule has 1 N–H and O–H groups in total. The Hall–Kier alpha value is -2.98. The van der Waals surface area contributed by atoms with Gasteiger partial charge in [-0.15, -0.1) is 5.10 Å². The lowest BCUT2D eigenvalue weighted by atomic mass is 9.78. The lowest BCUT2D eigenvalue weighted by Gasteiger charge is -2.33. The van der Waals surface area contributed by atoms with Crippen LogP contribution in [-0.2, 0) is 20.0 Å². The predicted molar refractivity (Wildman–Crippen MR) is 159 cm³/mol. The Morgan fingerprint density at radius 1 is 1.02 bits per heavy atom. The summed E-state index contributed by atoms with van der Waals surface area (Å²) in [4.78, 5) is 43.9. The predicted octanol–water partition coefficient (Wildman–Crippen LogP) is 5.59. The quantitative estimate of drug-likeness (QED) is 0.355. The Balaban J connectivity index is 1.41. The molecule has 42 heavy (non-hydrogen) atoms. The number of aliphatic hydroxyl groups is 1. The van der Waals surface area contributed by atoms with E-state index in [4.69, 9.17) is 34.8 Å². The molecule has 9 nitrogen and oxygen atoms in total. The van der Waals surface area contributed by atoms with Gasteiger partial charge in [-0.3, -0.25) is 19.3 Å². The number of carbonyl (C=O) groups is 3. The number of hydrogen-bond donors (Lipinski definition) is 1. The number of amides is 3. The van der Waals surface area contributed by atoms with Crippen molar-refractivity contribution in [1.29, 1.82) is 0 Å². The monoisotopic (exact) mass is 631 g/mol. The molecular weight excluding hydrogens is 601 g/mol. The molecule has 0 radical (unpaired) electrons. The summed E-state index contributed by atoms with van der Waals surface area (Å²) in [7, 11) is 0. The van der Waals surface area contributed by atoms with Crippen molar-refractivity contribution in [2.24, 2.45) is 11.3 Å². The molecule has 2 saturated heterocycles. The van der Waals surface area contributed by atoms with Crippen molar-refractivity contribution in [3.63, 3.8) is 0 Å². The fraction of sp³-hybridized carbons (Fsp3) is 0.433. The molecule has 3 amide bonds. The van der Waals surface area contributed by atoms with Crippen LogP contribution < -0.4 is 0 Å². The van der Waals surface area contributed by atoms with Crippen molar-refractivity contribution in [2.75, 3.05) is 13.1 Å². The van der Waals surface area contributed by atoms with Crippen LogP contribution in [0.25, 0.3) is 5.69 Å². The Morgan fingerprint density at radius 2 is 1.69 bits per heavy atom. The van der Waals surface area contributed by atoms with Gasteiger partial charge in [0.1, 0.15) is 23.0 Å². The van der Waals surface area contributed by atoms with Crippen LogP contribution in [0.4, 0.5) is 0 Å². The molecule has 3 aromatic rings. The fourth-order valence-electron chi connectivity index (χ4n) is 5.72. The van der Waals surface area contributed by atoms with Crippen molar-refractivity contribution in [2.45, 2.75) is 58.1 Å². The van der Waals surface area contributed by atoms with Gasteiger partial charge in [0.15, 0.2) is 0 Å². The maximum Gasteiger partial charge on any atom is 0.250 e. The number of rotatable bonds is 6. The average Bonchev–Trinajstić information content (AvgIpc) is 3.43. The highest BCUT2D eigenvalue weighted by Gasteiger charge is 2.54. The molecule has 2 aliphatic heterocycles. The maximum absolute atomic E-state index is 14.2. The van der Waals surface area contributed by atoms with Crippen molar-refractivity contribution < 1.29 is 19.5 Å². The largest absolute Gasteiger partial charge is 0.383 e. The summed E-state index contributed by atoms with van der Waals surface area (Å²) < 4.78 is 1.39. The van der Waals surface area contributed by atoms with Gasteiger partial charge in [-0.2, -0.15) is 0 Å². The molecule has 1 aromatic heterocycles. The summed E-state index contributed by atoms with van der Waals surface area (Å²) in [6.07, 6.45) is 2.58. The first-order valence-corrected chi connectivity index (χ1v) is 15.0. The molecular formula is C30H32Cl3N5O4. The van der Waals surface area contributed by atoms with Crippen LogP contribution in [0.5, 0.6) is 0 Å². The fourth-order valence-corrected chi connectivity index (χ4v) is 6.71. The minimum atomic E-state index is -1.38. The molecule has 0 bridgehead atoms. The maximum atomic E-state index is 14.2. The van der Waals surface area contributed by atoms with Crippen LogP contribution in [0.1, 0.15) is 63.8 Å². The van der Waals surface area contributed by atoms with E-state index in [0.29, 0.717) is 41.4 Å². The highest BCUT2D eigenvalue weighted by Crippen LogP contribution is 2.43. The first kappa shape index (κ1) is 30.5. The molecule has 2 aromatic carbocycles. The van der Waals surface area contributed by atoms with E-state index in [9.17, 15) is 19.5 Å². The van der Waals surface area contributed by atoms with Crippen LogP contribution in [0.2, 0.25) is 15.1 Å². The minimum Gasteiger partial charge on any atom is -0.383 e. The molecule has 2 aliphatic rings. The van der Waals surface area contributed by atoms with E-state index in [-0.39, 0.29) is 53.1 Å². The third kappa shape index (κ3) is 5.43. The highest BCUT2D eigenvalue weighted by molar-refractivity contribution is 6.40. The van der Waals surface area contributed by atoms with E-state index >= 15 is 0 Å². The van der Waals surface area contributed by atoms with Crippen LogP contribution in [0.3, 0.4) is 0 Å². The van der Waals surface area contributed by atoms with E-state index in [1.54, 1.807) is 42.3 Å². The summed E-state index contributed by atoms with van der Waals surface area (Å²) in [5.74, 6) is -1.14. The zero-order valence-electron chi connectivity index (χ0n) is 23.6. The first-order chi connectivity index (χ1) is 19.9. The summed E-state index contributed by atoms with van der Waals surface area (Å²) >= 11 is 18.7. The number of benzene rings is 2. The Labute approximate surface area is 259 Å². The number of likely N-dealkylation sites (tertiary alicyclic amines) is 2.